The maximum Gasteiger partial charge on any atom is 0.500 e. The Labute approximate surface area is 175 Å². The third kappa shape index (κ3) is 6.76. The third-order valence-electron chi connectivity index (χ3n) is 5.91. The standard InChI is InChI=1S/C21H42N2O3Si2/c1-22(2)27(23(3)4,21-17-13-12-14-18-21)19-15-10-8-9-11-16-20-28(24-5,25-6)26-7/h12-14,17-18H,8-11,15-16,19-20H2,1-7H3. The number of hydrogen-bond donors (Lipinski definition) is 0. The molecule has 0 aliphatic carbocycles. The SMILES string of the molecule is CO[Si](CCCCCCCC[Si](c1ccccc1)(N(C)C)N(C)C)(OC)OC. The summed E-state index contributed by atoms with van der Waals surface area (Å²) in [5, 5.41) is 1.50. The van der Waals surface area contributed by atoms with E-state index < -0.39 is 17.2 Å². The highest BCUT2D eigenvalue weighted by Crippen LogP contribution is 2.22. The van der Waals surface area contributed by atoms with Crippen molar-refractivity contribution in [2.45, 2.75) is 50.6 Å². The van der Waals surface area contributed by atoms with Crippen LogP contribution in [0.1, 0.15) is 38.5 Å². The molecule has 1 rings (SSSR count). The highest BCUT2D eigenvalue weighted by atomic mass is 28.4. The lowest BCUT2D eigenvalue weighted by Gasteiger charge is -2.43. The van der Waals surface area contributed by atoms with Gasteiger partial charge in [0.1, 0.15) is 0 Å². The molecule has 0 bridgehead atoms. The van der Waals surface area contributed by atoms with Gasteiger partial charge in [0, 0.05) is 27.4 Å². The molecule has 0 unspecified atom stereocenters. The minimum absolute atomic E-state index is 0.905. The van der Waals surface area contributed by atoms with E-state index in [-0.39, 0.29) is 0 Å². The average Bonchev–Trinajstić information content (AvgIpc) is 2.70. The summed E-state index contributed by atoms with van der Waals surface area (Å²) < 4.78 is 21.5. The predicted molar refractivity (Wildman–Crippen MR) is 123 cm³/mol. The monoisotopic (exact) mass is 426 g/mol. The molecule has 0 aromatic heterocycles. The summed E-state index contributed by atoms with van der Waals surface area (Å²) in [4.78, 5) is 0. The lowest BCUT2D eigenvalue weighted by molar-refractivity contribution is 0.122. The summed E-state index contributed by atoms with van der Waals surface area (Å²) in [6, 6.07) is 13.3. The van der Waals surface area contributed by atoms with Crippen molar-refractivity contribution in [3.63, 3.8) is 0 Å². The van der Waals surface area contributed by atoms with Gasteiger partial charge in [-0.1, -0.05) is 62.4 Å². The van der Waals surface area contributed by atoms with Crippen molar-refractivity contribution in [2.24, 2.45) is 0 Å². The van der Waals surface area contributed by atoms with E-state index in [2.05, 4.69) is 67.7 Å². The number of nitrogens with zero attached hydrogens (tertiary/aromatic N) is 2. The van der Waals surface area contributed by atoms with Gasteiger partial charge in [-0.15, -0.1) is 0 Å². The Morgan fingerprint density at radius 3 is 1.50 bits per heavy atom. The van der Waals surface area contributed by atoms with Crippen LogP contribution in [0.5, 0.6) is 0 Å². The molecule has 1 aromatic carbocycles. The maximum absolute atomic E-state index is 5.50. The van der Waals surface area contributed by atoms with Gasteiger partial charge in [0.15, 0.2) is 0 Å². The number of unbranched alkanes of at least 4 members (excludes halogenated alkanes) is 5. The van der Waals surface area contributed by atoms with Crippen LogP contribution in [0, 0.1) is 0 Å². The van der Waals surface area contributed by atoms with Crippen LogP contribution in [0.4, 0.5) is 0 Å². The van der Waals surface area contributed by atoms with Crippen molar-refractivity contribution in [1.29, 1.82) is 0 Å². The van der Waals surface area contributed by atoms with Crippen LogP contribution in [-0.2, 0) is 13.3 Å². The zero-order valence-electron chi connectivity index (χ0n) is 19.2. The second-order valence-electron chi connectivity index (χ2n) is 7.89. The molecule has 0 amide bonds. The molecule has 7 heteroatoms. The zero-order valence-corrected chi connectivity index (χ0v) is 21.2. The Morgan fingerprint density at radius 2 is 1.07 bits per heavy atom. The Morgan fingerprint density at radius 1 is 0.643 bits per heavy atom. The molecule has 0 atom stereocenters. The van der Waals surface area contributed by atoms with Crippen molar-refractivity contribution < 1.29 is 13.3 Å². The van der Waals surface area contributed by atoms with Crippen molar-refractivity contribution in [1.82, 2.24) is 9.13 Å². The van der Waals surface area contributed by atoms with Crippen molar-refractivity contribution in [3.8, 4) is 0 Å². The number of rotatable bonds is 15. The van der Waals surface area contributed by atoms with Gasteiger partial charge in [0.2, 0.25) is 8.40 Å². The Bertz CT molecular complexity index is 509. The van der Waals surface area contributed by atoms with Crippen molar-refractivity contribution >= 4 is 22.4 Å². The summed E-state index contributed by atoms with van der Waals surface area (Å²) in [6.07, 6.45) is 7.47. The normalized spacial score (nSPS) is 12.9. The first kappa shape index (κ1) is 25.5. The summed E-state index contributed by atoms with van der Waals surface area (Å²) in [5.41, 5.74) is 0. The van der Waals surface area contributed by atoms with E-state index in [1.165, 1.54) is 43.3 Å². The molecule has 0 N–H and O–H groups in total. The summed E-state index contributed by atoms with van der Waals surface area (Å²) >= 11 is 0. The van der Waals surface area contributed by atoms with Gasteiger partial charge < -0.3 is 22.4 Å². The van der Waals surface area contributed by atoms with E-state index in [1.807, 2.05) is 0 Å². The maximum atomic E-state index is 5.50. The van der Waals surface area contributed by atoms with Crippen LogP contribution in [0.25, 0.3) is 0 Å². The topological polar surface area (TPSA) is 34.2 Å². The molecule has 5 nitrogen and oxygen atoms in total. The Hall–Kier alpha value is -0.546. The van der Waals surface area contributed by atoms with Gasteiger partial charge in [0.05, 0.1) is 0 Å². The van der Waals surface area contributed by atoms with Crippen LogP contribution < -0.4 is 5.19 Å². The fraction of sp³-hybridized carbons (Fsp3) is 0.714. The molecule has 0 heterocycles. The van der Waals surface area contributed by atoms with Crippen LogP contribution in [-0.4, -0.2) is 75.9 Å². The largest absolute Gasteiger partial charge is 0.500 e. The minimum Gasteiger partial charge on any atom is -0.377 e. The Kier molecular flexibility index (Phi) is 11.7. The minimum atomic E-state index is -2.39. The average molecular weight is 427 g/mol. The number of benzene rings is 1. The summed E-state index contributed by atoms with van der Waals surface area (Å²) in [5.74, 6) is 0. The van der Waals surface area contributed by atoms with E-state index >= 15 is 0 Å². The van der Waals surface area contributed by atoms with Crippen LogP contribution in [0.3, 0.4) is 0 Å². The molecule has 0 saturated heterocycles. The van der Waals surface area contributed by atoms with E-state index in [1.54, 1.807) is 21.3 Å². The lowest BCUT2D eigenvalue weighted by Crippen LogP contribution is -2.68. The van der Waals surface area contributed by atoms with Crippen LogP contribution in [0.2, 0.25) is 12.1 Å². The van der Waals surface area contributed by atoms with Gasteiger partial charge in [-0.3, -0.25) is 0 Å². The van der Waals surface area contributed by atoms with E-state index in [0.717, 1.165) is 12.5 Å². The van der Waals surface area contributed by atoms with Crippen LogP contribution in [0.15, 0.2) is 30.3 Å². The van der Waals surface area contributed by atoms with Gasteiger partial charge >= 0.3 is 8.80 Å². The Balaban J connectivity index is 2.44. The highest BCUT2D eigenvalue weighted by molar-refractivity contribution is 6.87. The summed E-state index contributed by atoms with van der Waals surface area (Å²) in [6.45, 7) is 0. The quantitative estimate of drug-likeness (QED) is 0.316. The highest BCUT2D eigenvalue weighted by Gasteiger charge is 2.40. The molecule has 0 saturated carbocycles. The fourth-order valence-corrected chi connectivity index (χ4v) is 10.5. The molecular formula is C21H42N2O3Si2. The molecule has 28 heavy (non-hydrogen) atoms. The molecule has 0 radical (unpaired) electrons. The molecular weight excluding hydrogens is 384 g/mol. The summed E-state index contributed by atoms with van der Waals surface area (Å²) in [7, 11) is 9.86. The van der Waals surface area contributed by atoms with E-state index in [0.29, 0.717) is 0 Å². The van der Waals surface area contributed by atoms with Crippen LogP contribution >= 0.6 is 0 Å². The second-order valence-corrected chi connectivity index (χ2v) is 15.5. The molecule has 0 aliphatic heterocycles. The molecule has 0 aliphatic rings. The van der Waals surface area contributed by atoms with Gasteiger partial charge in [-0.25, -0.2) is 0 Å². The first-order valence-electron chi connectivity index (χ1n) is 10.4. The zero-order chi connectivity index (χ0) is 21.0. The predicted octanol–water partition coefficient (Wildman–Crippen LogP) is 3.68. The third-order valence-corrected chi connectivity index (χ3v) is 14.0. The first-order valence-corrected chi connectivity index (χ1v) is 14.5. The molecule has 0 spiro atoms. The second kappa shape index (κ2) is 12.9. The van der Waals surface area contributed by atoms with Gasteiger partial charge in [-0.05, 0) is 45.8 Å². The molecule has 1 aromatic rings. The lowest BCUT2D eigenvalue weighted by atomic mass is 10.1. The number of hydrogen-bond acceptors (Lipinski definition) is 5. The van der Waals surface area contributed by atoms with E-state index in [9.17, 15) is 0 Å². The van der Waals surface area contributed by atoms with Crippen molar-refractivity contribution in [3.05, 3.63) is 30.3 Å². The van der Waals surface area contributed by atoms with Crippen molar-refractivity contribution in [2.75, 3.05) is 49.5 Å². The fourth-order valence-electron chi connectivity index (χ4n) is 4.19. The van der Waals surface area contributed by atoms with E-state index in [4.69, 9.17) is 13.3 Å². The molecule has 162 valence electrons. The first-order chi connectivity index (χ1) is 13.4. The molecule has 0 fully saturated rings. The van der Waals surface area contributed by atoms with Gasteiger partial charge in [-0.2, -0.15) is 0 Å². The smallest absolute Gasteiger partial charge is 0.377 e. The van der Waals surface area contributed by atoms with Gasteiger partial charge in [0.25, 0.3) is 0 Å².